The summed E-state index contributed by atoms with van der Waals surface area (Å²) in [6.45, 7) is 0. The summed E-state index contributed by atoms with van der Waals surface area (Å²) in [6.07, 6.45) is 5.23. The maximum Gasteiger partial charge on any atom is 0.352 e. The highest BCUT2D eigenvalue weighted by atomic mass is 32.2. The number of nitrogen functional groups attached to an aromatic ring is 1. The van der Waals surface area contributed by atoms with Crippen LogP contribution in [0.1, 0.15) is 5.69 Å². The molecule has 1 aromatic rings. The number of rotatable bonds is 8. The number of thioether (sulfide) groups is 2. The Morgan fingerprint density at radius 3 is 2.97 bits per heavy atom. The molecule has 0 saturated carbocycles. The molecule has 1 saturated heterocycles. The van der Waals surface area contributed by atoms with Crippen molar-refractivity contribution in [3.05, 3.63) is 22.3 Å². The van der Waals surface area contributed by atoms with E-state index in [1.165, 1.54) is 35.5 Å². The van der Waals surface area contributed by atoms with Gasteiger partial charge in [-0.1, -0.05) is 11.1 Å². The van der Waals surface area contributed by atoms with Gasteiger partial charge in [0, 0.05) is 16.9 Å². The number of aliphatic carboxylic acids is 1. The van der Waals surface area contributed by atoms with Crippen LogP contribution in [-0.2, 0) is 19.2 Å². The number of carbonyl (C=O) groups is 3. The Bertz CT molecular complexity index is 983. The van der Waals surface area contributed by atoms with Crippen LogP contribution in [0.25, 0.3) is 0 Å². The number of hydrogen-bond donors (Lipinski definition) is 3. The minimum absolute atomic E-state index is 0.0446. The number of nitrogens with one attached hydrogen (secondary N) is 1. The number of thiazole rings is 1. The first kappa shape index (κ1) is 22.0. The number of β-lactam (4-membered cyclic amide) rings is 1. The highest BCUT2D eigenvalue weighted by molar-refractivity contribution is 8.01. The highest BCUT2D eigenvalue weighted by Crippen LogP contribution is 2.41. The van der Waals surface area contributed by atoms with Crippen molar-refractivity contribution in [2.24, 2.45) is 5.16 Å². The van der Waals surface area contributed by atoms with Crippen molar-refractivity contribution >= 4 is 63.5 Å². The molecular formula is C17H17N5O5S3. The van der Waals surface area contributed by atoms with Crippen molar-refractivity contribution in [2.45, 2.75) is 11.4 Å². The van der Waals surface area contributed by atoms with Crippen molar-refractivity contribution in [3.8, 4) is 12.3 Å². The van der Waals surface area contributed by atoms with E-state index in [1.807, 2.05) is 0 Å². The number of carboxylic acids is 1. The van der Waals surface area contributed by atoms with E-state index >= 15 is 0 Å². The number of nitrogens with two attached hydrogens (primary N) is 1. The Balaban J connectivity index is 1.76. The van der Waals surface area contributed by atoms with Gasteiger partial charge in [-0.2, -0.15) is 0 Å². The van der Waals surface area contributed by atoms with Gasteiger partial charge in [-0.3, -0.25) is 14.5 Å². The summed E-state index contributed by atoms with van der Waals surface area (Å²) in [5.74, 6) is 1.40. The fourth-order valence-electron chi connectivity index (χ4n) is 2.93. The lowest BCUT2D eigenvalue weighted by Gasteiger charge is -2.49. The third kappa shape index (κ3) is 4.25. The molecule has 13 heteroatoms. The summed E-state index contributed by atoms with van der Waals surface area (Å²) in [5.41, 5.74) is 6.28. The Morgan fingerprint density at radius 1 is 1.60 bits per heavy atom. The third-order valence-electron chi connectivity index (χ3n) is 4.16. The Hall–Kier alpha value is -2.69. The molecule has 0 aromatic carbocycles. The second kappa shape index (κ2) is 9.41. The monoisotopic (exact) mass is 467 g/mol. The number of aromatic nitrogens is 1. The molecule has 1 fully saturated rings. The minimum Gasteiger partial charge on any atom is -0.477 e. The fourth-order valence-corrected chi connectivity index (χ4v) is 5.66. The number of terminal acetylenes is 1. The van der Waals surface area contributed by atoms with Crippen LogP contribution in [0.5, 0.6) is 0 Å². The Kier molecular flexibility index (Phi) is 6.91. The van der Waals surface area contributed by atoms with Gasteiger partial charge in [-0.25, -0.2) is 9.78 Å². The van der Waals surface area contributed by atoms with E-state index in [-0.39, 0.29) is 22.2 Å². The molecule has 2 aliphatic heterocycles. The van der Waals surface area contributed by atoms with Gasteiger partial charge in [0.15, 0.2) is 10.8 Å². The number of fused-ring (bicyclic) bond motifs is 1. The predicted octanol–water partition coefficient (Wildman–Crippen LogP) is 0.181. The van der Waals surface area contributed by atoms with Gasteiger partial charge >= 0.3 is 5.97 Å². The zero-order valence-electron chi connectivity index (χ0n) is 15.7. The van der Waals surface area contributed by atoms with Crippen LogP contribution in [0.3, 0.4) is 0 Å². The molecule has 2 amide bonds. The van der Waals surface area contributed by atoms with E-state index in [0.717, 1.165) is 11.3 Å². The molecule has 10 nitrogen and oxygen atoms in total. The molecule has 0 bridgehead atoms. The summed E-state index contributed by atoms with van der Waals surface area (Å²) in [7, 11) is 1.28. The molecule has 2 aliphatic rings. The summed E-state index contributed by atoms with van der Waals surface area (Å²) >= 11 is 3.91. The Labute approximate surface area is 184 Å². The minimum atomic E-state index is -1.19. The number of amides is 2. The predicted molar refractivity (Wildman–Crippen MR) is 116 cm³/mol. The third-order valence-corrected chi connectivity index (χ3v) is 7.10. The molecule has 4 N–H and O–H groups in total. The summed E-state index contributed by atoms with van der Waals surface area (Å²) < 4.78 is 0. The smallest absolute Gasteiger partial charge is 0.352 e. The zero-order valence-corrected chi connectivity index (χ0v) is 18.1. The first-order valence-electron chi connectivity index (χ1n) is 8.43. The molecule has 0 unspecified atom stereocenters. The molecule has 158 valence electrons. The normalized spacial score (nSPS) is 20.9. The average molecular weight is 468 g/mol. The average Bonchev–Trinajstić information content (AvgIpc) is 3.15. The molecule has 0 radical (unpaired) electrons. The maximum absolute atomic E-state index is 12.7. The maximum atomic E-state index is 12.7. The molecular weight excluding hydrogens is 450 g/mol. The largest absolute Gasteiger partial charge is 0.477 e. The van der Waals surface area contributed by atoms with Gasteiger partial charge < -0.3 is 21.0 Å². The van der Waals surface area contributed by atoms with Gasteiger partial charge in [-0.05, 0) is 5.57 Å². The number of hydrogen-bond acceptors (Lipinski definition) is 10. The van der Waals surface area contributed by atoms with E-state index in [2.05, 4.69) is 21.4 Å². The van der Waals surface area contributed by atoms with E-state index in [9.17, 15) is 19.5 Å². The lowest BCUT2D eigenvalue weighted by Crippen LogP contribution is -2.71. The lowest BCUT2D eigenvalue weighted by atomic mass is 10.0. The van der Waals surface area contributed by atoms with Crippen LogP contribution in [0.2, 0.25) is 0 Å². The lowest BCUT2D eigenvalue weighted by molar-refractivity contribution is -0.150. The Morgan fingerprint density at radius 2 is 2.37 bits per heavy atom. The SMILES string of the molecule is C#CCSCC1=C(C(=O)O)N2C(=O)[C@@H](NC(=O)/C(=N/OC)c3csc(N)n3)[C@H]2SC1. The first-order valence-corrected chi connectivity index (χ1v) is 11.5. The van der Waals surface area contributed by atoms with Gasteiger partial charge in [0.1, 0.15) is 29.9 Å². The van der Waals surface area contributed by atoms with Crippen LogP contribution in [0.4, 0.5) is 5.13 Å². The van der Waals surface area contributed by atoms with Crippen molar-refractivity contribution in [3.63, 3.8) is 0 Å². The standard InChI is InChI=1S/C17H17N5O5S3/c1-3-4-28-5-8-6-29-15-11(14(24)22(15)12(8)16(25)26)20-13(23)10(21-27-2)9-7-30-17(18)19-9/h1,7,11,15H,4-6H2,2H3,(H2,18,19)(H,20,23)(H,25,26)/b21-10+/t11-,15-/m1/s1. The number of carboxylic acid groups (broad SMARTS) is 1. The van der Waals surface area contributed by atoms with Gasteiger partial charge in [0.05, 0.1) is 5.75 Å². The molecule has 30 heavy (non-hydrogen) atoms. The topological polar surface area (TPSA) is 147 Å². The van der Waals surface area contributed by atoms with Crippen molar-refractivity contribution in [1.29, 1.82) is 0 Å². The van der Waals surface area contributed by atoms with Crippen molar-refractivity contribution in [2.75, 3.05) is 30.1 Å². The number of oxime groups is 1. The van der Waals surface area contributed by atoms with E-state index < -0.39 is 29.2 Å². The van der Waals surface area contributed by atoms with E-state index in [4.69, 9.17) is 17.0 Å². The van der Waals surface area contributed by atoms with Gasteiger partial charge in [-0.15, -0.1) is 41.3 Å². The summed E-state index contributed by atoms with van der Waals surface area (Å²) in [6, 6.07) is -0.894. The molecule has 0 aliphatic carbocycles. The highest BCUT2D eigenvalue weighted by Gasteiger charge is 2.54. The van der Waals surface area contributed by atoms with Crippen LogP contribution >= 0.6 is 34.9 Å². The zero-order chi connectivity index (χ0) is 21.8. The first-order chi connectivity index (χ1) is 14.4. The van der Waals surface area contributed by atoms with E-state index in [0.29, 0.717) is 22.8 Å². The second-order valence-corrected chi connectivity index (χ2v) is 8.99. The van der Waals surface area contributed by atoms with E-state index in [1.54, 1.807) is 5.38 Å². The summed E-state index contributed by atoms with van der Waals surface area (Å²) in [5, 5.41) is 17.2. The van der Waals surface area contributed by atoms with Crippen LogP contribution in [-0.4, -0.2) is 74.3 Å². The molecule has 0 spiro atoms. The quantitative estimate of drug-likeness (QED) is 0.160. The van der Waals surface area contributed by atoms with Gasteiger partial charge in [0.2, 0.25) is 0 Å². The second-order valence-electron chi connectivity index (χ2n) is 6.01. The van der Waals surface area contributed by atoms with Crippen LogP contribution in [0, 0.1) is 12.3 Å². The van der Waals surface area contributed by atoms with Crippen molar-refractivity contribution in [1.82, 2.24) is 15.2 Å². The molecule has 3 rings (SSSR count). The van der Waals surface area contributed by atoms with Crippen LogP contribution in [0.15, 0.2) is 21.8 Å². The number of anilines is 1. The summed E-state index contributed by atoms with van der Waals surface area (Å²) in [4.78, 5) is 47.1. The number of carbonyl (C=O) groups excluding carboxylic acids is 2. The van der Waals surface area contributed by atoms with Crippen LogP contribution < -0.4 is 11.1 Å². The molecule has 3 heterocycles. The molecule has 2 atom stereocenters. The molecule has 1 aromatic heterocycles. The van der Waals surface area contributed by atoms with Gasteiger partial charge in [0.25, 0.3) is 11.8 Å². The fraction of sp³-hybridized carbons (Fsp3) is 0.353. The van der Waals surface area contributed by atoms with Crippen molar-refractivity contribution < 1.29 is 24.3 Å². The number of nitrogens with zero attached hydrogens (tertiary/aromatic N) is 3.